The average molecular weight is 1220 g/mol. The fraction of sp³-hybridized carbons (Fsp3) is 0.808. The van der Waals surface area contributed by atoms with E-state index >= 15 is 0 Å². The fourth-order valence-electron chi connectivity index (χ4n) is 10.8. The molecule has 0 aromatic heterocycles. The second-order valence-corrected chi connectivity index (χ2v) is 26.2. The molecule has 0 heterocycles. The molecule has 0 aliphatic rings. The first-order valence-corrected chi connectivity index (χ1v) is 37.1. The lowest BCUT2D eigenvalue weighted by Gasteiger charge is -2.25. The second-order valence-electron chi connectivity index (χ2n) is 26.2. The van der Waals surface area contributed by atoms with Crippen molar-refractivity contribution in [3.8, 4) is 0 Å². The van der Waals surface area contributed by atoms with Crippen LogP contribution >= 0.6 is 0 Å². The first-order valence-electron chi connectivity index (χ1n) is 37.1. The number of likely N-dealkylation sites (N-methyl/N-ethyl adjacent to an activating group) is 1. The molecule has 2 atom stereocenters. The normalized spacial score (nSPS) is 13.1. The number of hydrogen-bond donors (Lipinski definition) is 1. The Morgan fingerprint density at radius 3 is 0.977 bits per heavy atom. The van der Waals surface area contributed by atoms with E-state index in [2.05, 4.69) is 86.8 Å². The Hall–Kier alpha value is -3.27. The van der Waals surface area contributed by atoms with Crippen LogP contribution < -0.4 is 0 Å². The van der Waals surface area contributed by atoms with Crippen LogP contribution in [0.25, 0.3) is 0 Å². The van der Waals surface area contributed by atoms with Gasteiger partial charge in [0.25, 0.3) is 6.29 Å². The van der Waals surface area contributed by atoms with Gasteiger partial charge in [0.15, 0.2) is 6.10 Å². The predicted octanol–water partition coefficient (Wildman–Crippen LogP) is 23.3. The molecule has 0 aliphatic heterocycles. The summed E-state index contributed by atoms with van der Waals surface area (Å²) in [6.07, 6.45) is 88.9. The maximum atomic E-state index is 13.0. The largest absolute Gasteiger partial charge is 0.477 e. The molecule has 9 heteroatoms. The van der Waals surface area contributed by atoms with Crippen molar-refractivity contribution in [3.05, 3.63) is 72.9 Å². The standard InChI is InChI=1S/C78H141NO8/c1-6-8-10-12-14-16-18-20-22-24-26-28-29-30-31-32-33-34-35-36-37-38-39-40-41-42-43-44-45-46-47-49-51-53-55-57-59-61-63-65-67-69-76(81)87-74(73-86-78(77(82)83)84-71-70-79(3,4)5)72-85-75(80)68-66-64-62-60-58-56-54-52-50-48-27-25-23-21-19-17-15-13-11-9-7-2/h8,10,14,16,20,22,26,28,30-31,33-34,74,78H,6-7,9,11-13,15,17-19,21,23-25,27,29,32,35-73H2,1-5H3/p+1/b10-8-,16-14-,22-20-,28-26-,31-30-,34-33-. The molecule has 0 fully saturated rings. The summed E-state index contributed by atoms with van der Waals surface area (Å²) >= 11 is 0. The number of nitrogens with zero attached hydrogens (tertiary/aromatic N) is 1. The summed E-state index contributed by atoms with van der Waals surface area (Å²) in [5, 5.41) is 9.75. The third kappa shape index (κ3) is 70.1. The third-order valence-electron chi connectivity index (χ3n) is 16.5. The number of ether oxygens (including phenoxy) is 4. The number of aliphatic carboxylic acids is 1. The van der Waals surface area contributed by atoms with Crippen molar-refractivity contribution >= 4 is 17.9 Å². The molecule has 0 radical (unpaired) electrons. The number of quaternary nitrogens is 1. The fourth-order valence-corrected chi connectivity index (χ4v) is 10.8. The second kappa shape index (κ2) is 68.6. The van der Waals surface area contributed by atoms with E-state index in [0.717, 1.165) is 77.0 Å². The first-order chi connectivity index (χ1) is 42.6. The summed E-state index contributed by atoms with van der Waals surface area (Å²) in [5.41, 5.74) is 0. The summed E-state index contributed by atoms with van der Waals surface area (Å²) in [6.45, 7) is 4.82. The summed E-state index contributed by atoms with van der Waals surface area (Å²) < 4.78 is 23.0. The molecule has 0 saturated carbocycles. The number of unbranched alkanes of at least 4 members (excludes halogenated alkanes) is 42. The molecule has 506 valence electrons. The molecule has 0 saturated heterocycles. The molecular weight excluding hydrogens is 1080 g/mol. The molecule has 1 N–H and O–H groups in total. The van der Waals surface area contributed by atoms with E-state index in [9.17, 15) is 19.5 Å². The van der Waals surface area contributed by atoms with Gasteiger partial charge in [0.05, 0.1) is 34.4 Å². The number of esters is 2. The van der Waals surface area contributed by atoms with E-state index in [1.54, 1.807) is 0 Å². The van der Waals surface area contributed by atoms with Crippen LogP contribution in [-0.4, -0.2) is 87.4 Å². The highest BCUT2D eigenvalue weighted by Crippen LogP contribution is 2.19. The van der Waals surface area contributed by atoms with Crippen molar-refractivity contribution in [3.63, 3.8) is 0 Å². The Kier molecular flexibility index (Phi) is 66.1. The number of carbonyl (C=O) groups is 3. The van der Waals surface area contributed by atoms with Crippen LogP contribution in [0.4, 0.5) is 0 Å². The van der Waals surface area contributed by atoms with Gasteiger partial charge in [-0.05, 0) is 64.2 Å². The Morgan fingerprint density at radius 2 is 0.655 bits per heavy atom. The SMILES string of the molecule is CC/C=C\C/C=C\C/C=C\C/C=C\C/C=C\C/C=C\CCCCCCCCCCCCCCCCCCCCCCCCC(=O)OC(COC(=O)CCCCCCCCCCCCCCCCCCCCCCC)COC(OCC[N+](C)(C)C)C(=O)O. The van der Waals surface area contributed by atoms with Gasteiger partial charge in [-0.3, -0.25) is 9.59 Å². The average Bonchev–Trinajstić information content (AvgIpc) is 3.59. The smallest absolute Gasteiger partial charge is 0.361 e. The van der Waals surface area contributed by atoms with Crippen molar-refractivity contribution in [2.75, 3.05) is 47.5 Å². The number of carbonyl (C=O) groups excluding carboxylic acids is 2. The van der Waals surface area contributed by atoms with Crippen LogP contribution in [0.5, 0.6) is 0 Å². The molecule has 9 nitrogen and oxygen atoms in total. The Morgan fingerprint density at radius 1 is 0.356 bits per heavy atom. The minimum absolute atomic E-state index is 0.176. The summed E-state index contributed by atoms with van der Waals surface area (Å²) in [5.74, 6) is -1.98. The minimum atomic E-state index is -1.51. The van der Waals surface area contributed by atoms with Crippen molar-refractivity contribution in [2.24, 2.45) is 0 Å². The van der Waals surface area contributed by atoms with E-state index in [1.807, 2.05) is 21.1 Å². The van der Waals surface area contributed by atoms with Crippen molar-refractivity contribution in [1.29, 1.82) is 0 Å². The Bertz CT molecular complexity index is 1660. The number of rotatable bonds is 69. The highest BCUT2D eigenvalue weighted by Gasteiger charge is 2.25. The molecule has 0 spiro atoms. The van der Waals surface area contributed by atoms with Crippen LogP contribution in [0.2, 0.25) is 0 Å². The van der Waals surface area contributed by atoms with Crippen LogP contribution in [0.15, 0.2) is 72.9 Å². The molecule has 0 amide bonds. The van der Waals surface area contributed by atoms with Crippen LogP contribution in [-0.2, 0) is 33.3 Å². The molecule has 87 heavy (non-hydrogen) atoms. The highest BCUT2D eigenvalue weighted by molar-refractivity contribution is 5.71. The quantitative estimate of drug-likeness (QED) is 0.0211. The van der Waals surface area contributed by atoms with Gasteiger partial charge in [-0.1, -0.05) is 344 Å². The van der Waals surface area contributed by atoms with Crippen molar-refractivity contribution in [2.45, 2.75) is 360 Å². The van der Waals surface area contributed by atoms with Gasteiger partial charge in [0, 0.05) is 12.8 Å². The highest BCUT2D eigenvalue weighted by atomic mass is 16.7. The zero-order chi connectivity index (χ0) is 63.3. The van der Waals surface area contributed by atoms with Gasteiger partial charge in [-0.2, -0.15) is 0 Å². The molecule has 0 aromatic carbocycles. The zero-order valence-electron chi connectivity index (χ0n) is 57.9. The lowest BCUT2D eigenvalue weighted by Crippen LogP contribution is -2.40. The van der Waals surface area contributed by atoms with Gasteiger partial charge < -0.3 is 28.5 Å². The van der Waals surface area contributed by atoms with E-state index in [1.165, 1.54) is 244 Å². The summed E-state index contributed by atoms with van der Waals surface area (Å²) in [6, 6.07) is 0. The van der Waals surface area contributed by atoms with Gasteiger partial charge >= 0.3 is 17.9 Å². The number of allylic oxidation sites excluding steroid dienone is 12. The summed E-state index contributed by atoms with van der Waals surface area (Å²) in [7, 11) is 5.99. The van der Waals surface area contributed by atoms with Crippen molar-refractivity contribution in [1.82, 2.24) is 0 Å². The minimum Gasteiger partial charge on any atom is -0.477 e. The van der Waals surface area contributed by atoms with Crippen molar-refractivity contribution < 1.29 is 42.9 Å². The topological polar surface area (TPSA) is 108 Å². The maximum absolute atomic E-state index is 13.0. The molecule has 0 rings (SSSR count). The van der Waals surface area contributed by atoms with Crippen LogP contribution in [0, 0.1) is 0 Å². The maximum Gasteiger partial charge on any atom is 0.361 e. The van der Waals surface area contributed by atoms with E-state index in [4.69, 9.17) is 18.9 Å². The summed E-state index contributed by atoms with van der Waals surface area (Å²) in [4.78, 5) is 37.6. The molecule has 0 aromatic rings. The Labute approximate surface area is 538 Å². The zero-order valence-corrected chi connectivity index (χ0v) is 57.9. The monoisotopic (exact) mass is 1220 g/mol. The first kappa shape index (κ1) is 83.7. The molecule has 2 unspecified atom stereocenters. The van der Waals surface area contributed by atoms with Crippen LogP contribution in [0.1, 0.15) is 348 Å². The third-order valence-corrected chi connectivity index (χ3v) is 16.5. The molecule has 0 bridgehead atoms. The van der Waals surface area contributed by atoms with E-state index < -0.39 is 18.4 Å². The van der Waals surface area contributed by atoms with Gasteiger partial charge in [-0.25, -0.2) is 4.79 Å². The lowest BCUT2D eigenvalue weighted by molar-refractivity contribution is -0.870. The number of carboxylic acids is 1. The predicted molar refractivity (Wildman–Crippen MR) is 373 cm³/mol. The van der Waals surface area contributed by atoms with E-state index in [-0.39, 0.29) is 38.2 Å². The Balaban J connectivity index is 3.97. The lowest BCUT2D eigenvalue weighted by atomic mass is 10.0. The van der Waals surface area contributed by atoms with E-state index in [0.29, 0.717) is 17.4 Å². The molecular formula is C78H142NO8+. The van der Waals surface area contributed by atoms with Gasteiger partial charge in [-0.15, -0.1) is 0 Å². The molecule has 0 aliphatic carbocycles. The number of hydrogen-bond acceptors (Lipinski definition) is 7. The van der Waals surface area contributed by atoms with Crippen LogP contribution in [0.3, 0.4) is 0 Å². The van der Waals surface area contributed by atoms with Gasteiger partial charge in [0.1, 0.15) is 13.2 Å². The van der Waals surface area contributed by atoms with Gasteiger partial charge in [0.2, 0.25) is 0 Å². The number of carboxylic acid groups (broad SMARTS) is 1.